The maximum atomic E-state index is 5.43. The van der Waals surface area contributed by atoms with Crippen LogP contribution in [-0.2, 0) is 6.54 Å². The standard InChI is InChI=1S/C13H26N4O/c1-10(2)12(14-3)13-11(18-6)9-15-17(13)8-7-16(4)5/h9-10,12,14H,7-8H2,1-6H3. The van der Waals surface area contributed by atoms with Gasteiger partial charge in [-0.1, -0.05) is 13.8 Å². The molecule has 5 nitrogen and oxygen atoms in total. The monoisotopic (exact) mass is 254 g/mol. The molecule has 0 aliphatic heterocycles. The van der Waals surface area contributed by atoms with Gasteiger partial charge >= 0.3 is 0 Å². The van der Waals surface area contributed by atoms with Crippen molar-refractivity contribution in [3.05, 3.63) is 11.9 Å². The molecule has 0 saturated heterocycles. The molecule has 0 fully saturated rings. The first-order valence-electron chi connectivity index (χ1n) is 6.43. The Labute approximate surface area is 110 Å². The minimum Gasteiger partial charge on any atom is -0.493 e. The summed E-state index contributed by atoms with van der Waals surface area (Å²) in [5.74, 6) is 1.35. The van der Waals surface area contributed by atoms with Crippen LogP contribution in [0.15, 0.2) is 6.20 Å². The van der Waals surface area contributed by atoms with Crippen LogP contribution in [0.1, 0.15) is 25.6 Å². The van der Waals surface area contributed by atoms with Crippen molar-refractivity contribution in [2.24, 2.45) is 5.92 Å². The van der Waals surface area contributed by atoms with Crippen molar-refractivity contribution in [1.29, 1.82) is 0 Å². The van der Waals surface area contributed by atoms with Gasteiger partial charge in [-0.15, -0.1) is 0 Å². The molecule has 0 saturated carbocycles. The SMILES string of the molecule is CNC(c1c(OC)cnn1CCN(C)C)C(C)C. The zero-order valence-electron chi connectivity index (χ0n) is 12.4. The van der Waals surface area contributed by atoms with Gasteiger partial charge in [-0.25, -0.2) is 0 Å². The highest BCUT2D eigenvalue weighted by Crippen LogP contribution is 2.29. The van der Waals surface area contributed by atoms with Gasteiger partial charge in [0.25, 0.3) is 0 Å². The third kappa shape index (κ3) is 3.46. The van der Waals surface area contributed by atoms with Gasteiger partial charge in [0.1, 0.15) is 0 Å². The van der Waals surface area contributed by atoms with Crippen molar-refractivity contribution >= 4 is 0 Å². The lowest BCUT2D eigenvalue weighted by molar-refractivity contribution is 0.339. The molecule has 1 unspecified atom stereocenters. The number of hydrogen-bond donors (Lipinski definition) is 1. The van der Waals surface area contributed by atoms with E-state index in [1.54, 1.807) is 13.3 Å². The fourth-order valence-electron chi connectivity index (χ4n) is 2.11. The van der Waals surface area contributed by atoms with E-state index in [4.69, 9.17) is 4.74 Å². The topological polar surface area (TPSA) is 42.3 Å². The van der Waals surface area contributed by atoms with Crippen LogP contribution in [0.4, 0.5) is 0 Å². The van der Waals surface area contributed by atoms with E-state index < -0.39 is 0 Å². The van der Waals surface area contributed by atoms with Gasteiger partial charge in [0, 0.05) is 6.54 Å². The molecular formula is C13H26N4O. The number of rotatable bonds is 7. The molecule has 0 spiro atoms. The van der Waals surface area contributed by atoms with E-state index in [0.29, 0.717) is 5.92 Å². The third-order valence-corrected chi connectivity index (χ3v) is 3.10. The average Bonchev–Trinajstić information content (AvgIpc) is 2.70. The molecule has 1 aromatic heterocycles. The number of ether oxygens (including phenoxy) is 1. The fraction of sp³-hybridized carbons (Fsp3) is 0.769. The maximum Gasteiger partial charge on any atom is 0.161 e. The molecule has 1 rings (SSSR count). The van der Waals surface area contributed by atoms with Crippen LogP contribution in [0.5, 0.6) is 5.75 Å². The summed E-state index contributed by atoms with van der Waals surface area (Å²) in [6.45, 7) is 6.23. The summed E-state index contributed by atoms with van der Waals surface area (Å²) >= 11 is 0. The highest BCUT2D eigenvalue weighted by atomic mass is 16.5. The first-order chi connectivity index (χ1) is 8.51. The van der Waals surface area contributed by atoms with E-state index in [2.05, 4.69) is 43.3 Å². The smallest absolute Gasteiger partial charge is 0.161 e. The molecule has 0 radical (unpaired) electrons. The largest absolute Gasteiger partial charge is 0.493 e. The lowest BCUT2D eigenvalue weighted by atomic mass is 10.0. The molecule has 0 amide bonds. The molecule has 1 atom stereocenters. The van der Waals surface area contributed by atoms with Crippen molar-refractivity contribution in [1.82, 2.24) is 20.0 Å². The second-order valence-corrected chi connectivity index (χ2v) is 5.13. The van der Waals surface area contributed by atoms with E-state index in [-0.39, 0.29) is 6.04 Å². The number of methoxy groups -OCH3 is 1. The van der Waals surface area contributed by atoms with Gasteiger partial charge in [-0.3, -0.25) is 4.68 Å². The minimum atomic E-state index is 0.254. The normalized spacial score (nSPS) is 13.3. The number of hydrogen-bond acceptors (Lipinski definition) is 4. The van der Waals surface area contributed by atoms with E-state index in [1.807, 2.05) is 11.7 Å². The van der Waals surface area contributed by atoms with Crippen LogP contribution in [0.25, 0.3) is 0 Å². The molecule has 18 heavy (non-hydrogen) atoms. The number of aromatic nitrogens is 2. The Morgan fingerprint density at radius 3 is 2.56 bits per heavy atom. The summed E-state index contributed by atoms with van der Waals surface area (Å²) in [4.78, 5) is 2.15. The summed E-state index contributed by atoms with van der Waals surface area (Å²) in [5.41, 5.74) is 1.14. The zero-order valence-corrected chi connectivity index (χ0v) is 12.4. The van der Waals surface area contributed by atoms with Crippen molar-refractivity contribution < 1.29 is 4.74 Å². The fourth-order valence-corrected chi connectivity index (χ4v) is 2.11. The Hall–Kier alpha value is -1.07. The molecule has 0 aliphatic carbocycles. The molecular weight excluding hydrogens is 228 g/mol. The van der Waals surface area contributed by atoms with Crippen LogP contribution >= 0.6 is 0 Å². The highest BCUT2D eigenvalue weighted by Gasteiger charge is 2.23. The minimum absolute atomic E-state index is 0.254. The van der Waals surface area contributed by atoms with Gasteiger partial charge in [-0.2, -0.15) is 5.10 Å². The van der Waals surface area contributed by atoms with E-state index in [9.17, 15) is 0 Å². The predicted molar refractivity (Wildman–Crippen MR) is 74.0 cm³/mol. The third-order valence-electron chi connectivity index (χ3n) is 3.10. The zero-order chi connectivity index (χ0) is 13.7. The van der Waals surface area contributed by atoms with E-state index in [0.717, 1.165) is 24.5 Å². The van der Waals surface area contributed by atoms with Crippen LogP contribution in [0, 0.1) is 5.92 Å². The quantitative estimate of drug-likeness (QED) is 0.798. The summed E-state index contributed by atoms with van der Waals surface area (Å²) < 4.78 is 7.47. The number of likely N-dealkylation sites (N-methyl/N-ethyl adjacent to an activating group) is 1. The number of nitrogens with one attached hydrogen (secondary N) is 1. The Balaban J connectivity index is 3.00. The summed E-state index contributed by atoms with van der Waals surface area (Å²) in [6.07, 6.45) is 1.80. The molecule has 1 aromatic rings. The summed E-state index contributed by atoms with van der Waals surface area (Å²) in [6, 6.07) is 0.254. The predicted octanol–water partition coefficient (Wildman–Crippen LogP) is 1.37. The van der Waals surface area contributed by atoms with Gasteiger partial charge in [0.15, 0.2) is 5.75 Å². The Bertz CT molecular complexity index is 360. The Kier molecular flexibility index (Phi) is 5.62. The van der Waals surface area contributed by atoms with Crippen molar-refractivity contribution in [3.63, 3.8) is 0 Å². The van der Waals surface area contributed by atoms with Crippen LogP contribution in [0.3, 0.4) is 0 Å². The molecule has 104 valence electrons. The maximum absolute atomic E-state index is 5.43. The molecule has 1 heterocycles. The van der Waals surface area contributed by atoms with Crippen LogP contribution < -0.4 is 10.1 Å². The Morgan fingerprint density at radius 2 is 2.11 bits per heavy atom. The van der Waals surface area contributed by atoms with E-state index >= 15 is 0 Å². The highest BCUT2D eigenvalue weighted by molar-refractivity contribution is 5.28. The molecule has 0 aliphatic rings. The van der Waals surface area contributed by atoms with Crippen LogP contribution in [-0.4, -0.2) is 49.5 Å². The molecule has 1 N–H and O–H groups in total. The summed E-state index contributed by atoms with van der Waals surface area (Å²) in [5, 5.41) is 7.79. The van der Waals surface area contributed by atoms with E-state index in [1.165, 1.54) is 0 Å². The van der Waals surface area contributed by atoms with Gasteiger partial charge < -0.3 is 15.0 Å². The van der Waals surface area contributed by atoms with Crippen molar-refractivity contribution in [2.75, 3.05) is 34.8 Å². The van der Waals surface area contributed by atoms with Crippen molar-refractivity contribution in [3.8, 4) is 5.75 Å². The molecule has 5 heteroatoms. The second kappa shape index (κ2) is 6.75. The summed E-state index contributed by atoms with van der Waals surface area (Å²) in [7, 11) is 7.81. The van der Waals surface area contributed by atoms with Crippen LogP contribution in [0.2, 0.25) is 0 Å². The lowest BCUT2D eigenvalue weighted by Gasteiger charge is -2.23. The average molecular weight is 254 g/mol. The Morgan fingerprint density at radius 1 is 1.44 bits per heavy atom. The first-order valence-corrected chi connectivity index (χ1v) is 6.43. The lowest BCUT2D eigenvalue weighted by Crippen LogP contribution is -2.27. The van der Waals surface area contributed by atoms with Crippen molar-refractivity contribution in [2.45, 2.75) is 26.4 Å². The van der Waals surface area contributed by atoms with Gasteiger partial charge in [0.05, 0.1) is 31.6 Å². The van der Waals surface area contributed by atoms with Gasteiger partial charge in [-0.05, 0) is 27.1 Å². The first kappa shape index (κ1) is 15.0. The number of nitrogens with zero attached hydrogens (tertiary/aromatic N) is 3. The molecule has 0 aromatic carbocycles. The van der Waals surface area contributed by atoms with Gasteiger partial charge in [0.2, 0.25) is 0 Å². The second-order valence-electron chi connectivity index (χ2n) is 5.13. The molecule has 0 bridgehead atoms.